The first-order chi connectivity index (χ1) is 8.13. The van der Waals surface area contributed by atoms with Crippen LogP contribution in [0.2, 0.25) is 0 Å². The molecule has 0 bridgehead atoms. The Labute approximate surface area is 103 Å². The van der Waals surface area contributed by atoms with Gasteiger partial charge in [-0.15, -0.1) is 0 Å². The summed E-state index contributed by atoms with van der Waals surface area (Å²) in [4.78, 5) is 5.03. The van der Waals surface area contributed by atoms with Gasteiger partial charge >= 0.3 is 0 Å². The predicted octanol–water partition coefficient (Wildman–Crippen LogP) is 1.28. The highest BCUT2D eigenvalue weighted by Gasteiger charge is 2.38. The second-order valence-electron chi connectivity index (χ2n) is 5.74. The lowest BCUT2D eigenvalue weighted by Crippen LogP contribution is -2.26. The van der Waals surface area contributed by atoms with E-state index in [9.17, 15) is 0 Å². The number of likely N-dealkylation sites (tertiary alicyclic amines) is 2. The normalized spacial score (nSPS) is 30.1. The number of nitrogens with zero attached hydrogens (tertiary/aromatic N) is 3. The lowest BCUT2D eigenvalue weighted by atomic mass is 10.0. The van der Waals surface area contributed by atoms with Crippen LogP contribution in [-0.4, -0.2) is 48.2 Å². The molecular formula is C13H21N3O. The van der Waals surface area contributed by atoms with Crippen LogP contribution in [0.5, 0.6) is 0 Å². The summed E-state index contributed by atoms with van der Waals surface area (Å²) in [5.74, 6) is 2.73. The highest BCUT2D eigenvalue weighted by atomic mass is 16.5. The maximum absolute atomic E-state index is 5.23. The molecule has 2 fully saturated rings. The van der Waals surface area contributed by atoms with Gasteiger partial charge in [0.2, 0.25) is 0 Å². The zero-order valence-electron chi connectivity index (χ0n) is 10.9. The molecule has 0 radical (unpaired) electrons. The van der Waals surface area contributed by atoms with Crippen LogP contribution in [0.15, 0.2) is 4.52 Å². The molecule has 2 aliphatic rings. The van der Waals surface area contributed by atoms with Crippen LogP contribution < -0.4 is 0 Å². The maximum Gasteiger partial charge on any atom is 0.138 e. The fourth-order valence-corrected chi connectivity index (χ4v) is 3.41. The van der Waals surface area contributed by atoms with Gasteiger partial charge < -0.3 is 9.42 Å². The van der Waals surface area contributed by atoms with E-state index in [1.807, 2.05) is 13.8 Å². The summed E-state index contributed by atoms with van der Waals surface area (Å²) in [6.07, 6.45) is 0. The molecular weight excluding hydrogens is 214 g/mol. The second kappa shape index (κ2) is 4.10. The summed E-state index contributed by atoms with van der Waals surface area (Å²) in [5.41, 5.74) is 2.34. The zero-order chi connectivity index (χ0) is 12.0. The number of fused-ring (bicyclic) bond motifs is 1. The van der Waals surface area contributed by atoms with E-state index in [0.717, 1.165) is 29.8 Å². The minimum atomic E-state index is 0.875. The van der Waals surface area contributed by atoms with Crippen molar-refractivity contribution in [1.82, 2.24) is 15.0 Å². The van der Waals surface area contributed by atoms with Gasteiger partial charge in [-0.1, -0.05) is 5.16 Å². The van der Waals surface area contributed by atoms with Crippen molar-refractivity contribution in [3.63, 3.8) is 0 Å². The third-order valence-electron chi connectivity index (χ3n) is 4.31. The highest BCUT2D eigenvalue weighted by molar-refractivity contribution is 5.20. The Hall–Kier alpha value is -0.870. The van der Waals surface area contributed by atoms with E-state index >= 15 is 0 Å². The topological polar surface area (TPSA) is 32.5 Å². The average Bonchev–Trinajstić information content (AvgIpc) is 2.86. The molecule has 4 heteroatoms. The van der Waals surface area contributed by atoms with Crippen molar-refractivity contribution < 1.29 is 4.52 Å². The molecule has 3 heterocycles. The molecule has 0 aliphatic carbocycles. The van der Waals surface area contributed by atoms with Crippen molar-refractivity contribution in [1.29, 1.82) is 0 Å². The van der Waals surface area contributed by atoms with Crippen LogP contribution in [0.1, 0.15) is 17.0 Å². The number of hydrogen-bond acceptors (Lipinski definition) is 4. The molecule has 1 aromatic rings. The average molecular weight is 235 g/mol. The van der Waals surface area contributed by atoms with E-state index in [2.05, 4.69) is 22.0 Å². The van der Waals surface area contributed by atoms with Crippen LogP contribution in [-0.2, 0) is 6.54 Å². The Morgan fingerprint density at radius 3 is 2.35 bits per heavy atom. The minimum absolute atomic E-state index is 0.875. The van der Waals surface area contributed by atoms with Gasteiger partial charge in [0.15, 0.2) is 0 Å². The summed E-state index contributed by atoms with van der Waals surface area (Å²) < 4.78 is 5.23. The Morgan fingerprint density at radius 2 is 1.82 bits per heavy atom. The van der Waals surface area contributed by atoms with Crippen LogP contribution >= 0.6 is 0 Å². The molecule has 2 atom stereocenters. The summed E-state index contributed by atoms with van der Waals surface area (Å²) in [5, 5.41) is 4.03. The number of hydrogen-bond donors (Lipinski definition) is 0. The summed E-state index contributed by atoms with van der Waals surface area (Å²) in [6, 6.07) is 0. The van der Waals surface area contributed by atoms with Gasteiger partial charge in [-0.3, -0.25) is 4.90 Å². The Kier molecular flexibility index (Phi) is 2.71. The van der Waals surface area contributed by atoms with Crippen molar-refractivity contribution in [3.05, 3.63) is 17.0 Å². The van der Waals surface area contributed by atoms with Crippen LogP contribution in [0.25, 0.3) is 0 Å². The van der Waals surface area contributed by atoms with E-state index in [-0.39, 0.29) is 0 Å². The van der Waals surface area contributed by atoms with E-state index in [1.54, 1.807) is 0 Å². The monoisotopic (exact) mass is 235 g/mol. The summed E-state index contributed by atoms with van der Waals surface area (Å²) >= 11 is 0. The minimum Gasteiger partial charge on any atom is -0.361 e. The molecule has 94 valence electrons. The molecule has 4 nitrogen and oxygen atoms in total. The number of rotatable bonds is 2. The zero-order valence-corrected chi connectivity index (χ0v) is 10.9. The first-order valence-corrected chi connectivity index (χ1v) is 6.46. The van der Waals surface area contributed by atoms with Crippen molar-refractivity contribution in [2.75, 3.05) is 33.2 Å². The van der Waals surface area contributed by atoms with Gasteiger partial charge in [0, 0.05) is 38.3 Å². The third-order valence-corrected chi connectivity index (χ3v) is 4.31. The molecule has 0 spiro atoms. The maximum atomic E-state index is 5.23. The predicted molar refractivity (Wildman–Crippen MR) is 65.7 cm³/mol. The largest absolute Gasteiger partial charge is 0.361 e. The van der Waals surface area contributed by atoms with Gasteiger partial charge in [-0.2, -0.15) is 0 Å². The third kappa shape index (κ3) is 2.00. The molecule has 0 N–H and O–H groups in total. The van der Waals surface area contributed by atoms with E-state index < -0.39 is 0 Å². The number of aromatic nitrogens is 1. The SMILES string of the molecule is Cc1noc(C)c1CN1CC2CN(C)CC2C1. The van der Waals surface area contributed by atoms with Gasteiger partial charge in [0.1, 0.15) is 5.76 Å². The van der Waals surface area contributed by atoms with Crippen LogP contribution in [0.4, 0.5) is 0 Å². The first-order valence-electron chi connectivity index (χ1n) is 6.46. The van der Waals surface area contributed by atoms with Crippen LogP contribution in [0.3, 0.4) is 0 Å². The number of aryl methyl sites for hydroxylation is 2. The fraction of sp³-hybridized carbons (Fsp3) is 0.769. The highest BCUT2D eigenvalue weighted by Crippen LogP contribution is 2.31. The van der Waals surface area contributed by atoms with Gasteiger partial charge in [-0.25, -0.2) is 0 Å². The smallest absolute Gasteiger partial charge is 0.138 e. The lowest BCUT2D eigenvalue weighted by Gasteiger charge is -2.18. The molecule has 1 aromatic heterocycles. The second-order valence-corrected chi connectivity index (χ2v) is 5.74. The fourth-order valence-electron chi connectivity index (χ4n) is 3.41. The first kappa shape index (κ1) is 11.2. The quantitative estimate of drug-likeness (QED) is 0.773. The molecule has 2 aliphatic heterocycles. The summed E-state index contributed by atoms with van der Waals surface area (Å²) in [6.45, 7) is 10.1. The van der Waals surface area contributed by atoms with Crippen molar-refractivity contribution >= 4 is 0 Å². The van der Waals surface area contributed by atoms with E-state index in [0.29, 0.717) is 0 Å². The Bertz CT molecular complexity index is 381. The van der Waals surface area contributed by atoms with Crippen molar-refractivity contribution in [2.24, 2.45) is 11.8 Å². The molecule has 3 rings (SSSR count). The molecule has 0 amide bonds. The van der Waals surface area contributed by atoms with Crippen molar-refractivity contribution in [3.8, 4) is 0 Å². The van der Waals surface area contributed by atoms with Crippen LogP contribution in [0, 0.1) is 25.7 Å². The summed E-state index contributed by atoms with van der Waals surface area (Å²) in [7, 11) is 2.23. The standard InChI is InChI=1S/C13H21N3O/c1-9-13(10(2)17-14-9)8-16-6-11-4-15(3)5-12(11)7-16/h11-12H,4-8H2,1-3H3. The van der Waals surface area contributed by atoms with Crippen molar-refractivity contribution in [2.45, 2.75) is 20.4 Å². The lowest BCUT2D eigenvalue weighted by molar-refractivity contribution is 0.270. The molecule has 17 heavy (non-hydrogen) atoms. The molecule has 0 aromatic carbocycles. The van der Waals surface area contributed by atoms with Gasteiger partial charge in [0.05, 0.1) is 5.69 Å². The Morgan fingerprint density at radius 1 is 1.18 bits per heavy atom. The van der Waals surface area contributed by atoms with E-state index in [1.165, 1.54) is 31.7 Å². The van der Waals surface area contributed by atoms with Gasteiger partial charge in [0.25, 0.3) is 0 Å². The molecule has 0 saturated carbocycles. The molecule has 2 saturated heterocycles. The Balaban J connectivity index is 1.65. The molecule has 2 unspecified atom stereocenters. The van der Waals surface area contributed by atoms with E-state index in [4.69, 9.17) is 4.52 Å². The van der Waals surface area contributed by atoms with Gasteiger partial charge in [-0.05, 0) is 32.7 Å².